The Morgan fingerprint density at radius 2 is 2.00 bits per heavy atom. The van der Waals surface area contributed by atoms with Crippen LogP contribution >= 0.6 is 0 Å². The van der Waals surface area contributed by atoms with Crippen LogP contribution in [0.5, 0.6) is 5.75 Å². The summed E-state index contributed by atoms with van der Waals surface area (Å²) in [6.07, 6.45) is 1.83. The van der Waals surface area contributed by atoms with Crippen molar-refractivity contribution >= 4 is 11.4 Å². The highest BCUT2D eigenvalue weighted by atomic mass is 16.5. The van der Waals surface area contributed by atoms with E-state index in [4.69, 9.17) is 10.5 Å². The standard InChI is InChI=1S/C15H19N3O/c1-11-8-14(12(9-16)10-17-11)18(2)13-6-4-5-7-15(13)19-3/h4-8,10H,9,16H2,1-3H3. The van der Waals surface area contributed by atoms with Gasteiger partial charge in [-0.2, -0.15) is 0 Å². The van der Waals surface area contributed by atoms with Crippen molar-refractivity contribution in [3.05, 3.63) is 47.8 Å². The molecule has 1 aromatic heterocycles. The second-order valence-electron chi connectivity index (χ2n) is 4.39. The first kappa shape index (κ1) is 13.4. The van der Waals surface area contributed by atoms with Crippen LogP contribution in [0.15, 0.2) is 36.5 Å². The Morgan fingerprint density at radius 3 is 2.68 bits per heavy atom. The van der Waals surface area contributed by atoms with Crippen LogP contribution in [-0.4, -0.2) is 19.1 Å². The van der Waals surface area contributed by atoms with Gasteiger partial charge in [-0.25, -0.2) is 0 Å². The Kier molecular flexibility index (Phi) is 4.02. The van der Waals surface area contributed by atoms with Crippen molar-refractivity contribution in [3.63, 3.8) is 0 Å². The molecule has 0 aliphatic rings. The van der Waals surface area contributed by atoms with E-state index in [9.17, 15) is 0 Å². The number of ether oxygens (including phenoxy) is 1. The van der Waals surface area contributed by atoms with Gasteiger partial charge in [-0.05, 0) is 25.1 Å². The predicted octanol–water partition coefficient (Wildman–Crippen LogP) is 2.63. The molecule has 1 heterocycles. The lowest BCUT2D eigenvalue weighted by Gasteiger charge is -2.24. The molecule has 0 aliphatic heterocycles. The Hall–Kier alpha value is -2.07. The quantitative estimate of drug-likeness (QED) is 0.914. The zero-order chi connectivity index (χ0) is 13.8. The van der Waals surface area contributed by atoms with Crippen molar-refractivity contribution in [2.45, 2.75) is 13.5 Å². The minimum Gasteiger partial charge on any atom is -0.495 e. The van der Waals surface area contributed by atoms with Crippen LogP contribution in [0, 0.1) is 6.92 Å². The summed E-state index contributed by atoms with van der Waals surface area (Å²) in [5, 5.41) is 0. The van der Waals surface area contributed by atoms with E-state index in [1.165, 1.54) is 0 Å². The Bertz CT molecular complexity index is 569. The third kappa shape index (κ3) is 2.69. The van der Waals surface area contributed by atoms with Crippen LogP contribution in [0.25, 0.3) is 0 Å². The molecular formula is C15H19N3O. The summed E-state index contributed by atoms with van der Waals surface area (Å²) in [7, 11) is 3.68. The number of aromatic nitrogens is 1. The van der Waals surface area contributed by atoms with Gasteiger partial charge in [0.05, 0.1) is 12.8 Å². The topological polar surface area (TPSA) is 51.4 Å². The maximum absolute atomic E-state index is 5.79. The Balaban J connectivity index is 2.49. The molecule has 0 spiro atoms. The number of hydrogen-bond donors (Lipinski definition) is 1. The first-order valence-corrected chi connectivity index (χ1v) is 6.19. The molecule has 1 aromatic carbocycles. The van der Waals surface area contributed by atoms with Gasteiger partial charge < -0.3 is 15.4 Å². The number of anilines is 2. The van der Waals surface area contributed by atoms with Crippen LogP contribution in [0.2, 0.25) is 0 Å². The van der Waals surface area contributed by atoms with Gasteiger partial charge >= 0.3 is 0 Å². The number of aryl methyl sites for hydroxylation is 1. The first-order chi connectivity index (χ1) is 9.17. The van der Waals surface area contributed by atoms with Gasteiger partial charge in [-0.15, -0.1) is 0 Å². The summed E-state index contributed by atoms with van der Waals surface area (Å²) in [5.74, 6) is 0.836. The van der Waals surface area contributed by atoms with Crippen molar-refractivity contribution in [2.24, 2.45) is 5.73 Å². The molecule has 2 rings (SSSR count). The van der Waals surface area contributed by atoms with Gasteiger partial charge in [0.1, 0.15) is 5.75 Å². The molecule has 19 heavy (non-hydrogen) atoms. The SMILES string of the molecule is COc1ccccc1N(C)c1cc(C)ncc1CN. The van der Waals surface area contributed by atoms with Crippen LogP contribution < -0.4 is 15.4 Å². The van der Waals surface area contributed by atoms with E-state index in [1.54, 1.807) is 7.11 Å². The van der Waals surface area contributed by atoms with Crippen LogP contribution in [0.1, 0.15) is 11.3 Å². The summed E-state index contributed by atoms with van der Waals surface area (Å²) in [4.78, 5) is 6.37. The summed E-state index contributed by atoms with van der Waals surface area (Å²) in [6, 6.07) is 9.95. The van der Waals surface area contributed by atoms with Crippen molar-refractivity contribution in [1.82, 2.24) is 4.98 Å². The second-order valence-corrected chi connectivity index (χ2v) is 4.39. The number of methoxy groups -OCH3 is 1. The van der Waals surface area contributed by atoms with Crippen molar-refractivity contribution in [2.75, 3.05) is 19.1 Å². The fourth-order valence-electron chi connectivity index (χ4n) is 2.08. The molecule has 0 saturated carbocycles. The number of benzene rings is 1. The van der Waals surface area contributed by atoms with Gasteiger partial charge in [-0.1, -0.05) is 12.1 Å². The largest absolute Gasteiger partial charge is 0.495 e. The van der Waals surface area contributed by atoms with Gasteiger partial charge in [0.2, 0.25) is 0 Å². The summed E-state index contributed by atoms with van der Waals surface area (Å²) in [6.45, 7) is 2.43. The predicted molar refractivity (Wildman–Crippen MR) is 77.9 cm³/mol. The van der Waals surface area contributed by atoms with E-state index in [1.807, 2.05) is 50.5 Å². The fraction of sp³-hybridized carbons (Fsp3) is 0.267. The first-order valence-electron chi connectivity index (χ1n) is 6.19. The van der Waals surface area contributed by atoms with E-state index in [2.05, 4.69) is 9.88 Å². The fourth-order valence-corrected chi connectivity index (χ4v) is 2.08. The van der Waals surface area contributed by atoms with Crippen molar-refractivity contribution in [3.8, 4) is 5.75 Å². The van der Waals surface area contributed by atoms with E-state index < -0.39 is 0 Å². The van der Waals surface area contributed by atoms with Crippen molar-refractivity contribution < 1.29 is 4.74 Å². The number of nitrogens with zero attached hydrogens (tertiary/aromatic N) is 2. The molecule has 0 amide bonds. The monoisotopic (exact) mass is 257 g/mol. The molecule has 4 heteroatoms. The molecular weight excluding hydrogens is 238 g/mol. The summed E-state index contributed by atoms with van der Waals surface area (Å²) < 4.78 is 5.40. The van der Waals surface area contributed by atoms with Gasteiger partial charge in [0.15, 0.2) is 0 Å². The zero-order valence-corrected chi connectivity index (χ0v) is 11.6. The molecule has 0 aliphatic carbocycles. The highest BCUT2D eigenvalue weighted by molar-refractivity contribution is 5.70. The maximum atomic E-state index is 5.79. The Labute approximate surface area is 113 Å². The van der Waals surface area contributed by atoms with E-state index in [-0.39, 0.29) is 0 Å². The van der Waals surface area contributed by atoms with Gasteiger partial charge in [-0.3, -0.25) is 4.98 Å². The van der Waals surface area contributed by atoms with Crippen LogP contribution in [0.3, 0.4) is 0 Å². The average molecular weight is 257 g/mol. The smallest absolute Gasteiger partial charge is 0.142 e. The highest BCUT2D eigenvalue weighted by Crippen LogP contribution is 2.33. The molecule has 2 N–H and O–H groups in total. The lowest BCUT2D eigenvalue weighted by atomic mass is 10.1. The summed E-state index contributed by atoms with van der Waals surface area (Å²) in [5.41, 5.74) is 9.83. The Morgan fingerprint density at radius 1 is 1.26 bits per heavy atom. The van der Waals surface area contributed by atoms with E-state index >= 15 is 0 Å². The van der Waals surface area contributed by atoms with E-state index in [0.29, 0.717) is 6.54 Å². The number of pyridine rings is 1. The normalized spacial score (nSPS) is 10.3. The lowest BCUT2D eigenvalue weighted by Crippen LogP contribution is -2.15. The number of hydrogen-bond acceptors (Lipinski definition) is 4. The number of rotatable bonds is 4. The van der Waals surface area contributed by atoms with E-state index in [0.717, 1.165) is 28.4 Å². The van der Waals surface area contributed by atoms with Crippen molar-refractivity contribution in [1.29, 1.82) is 0 Å². The lowest BCUT2D eigenvalue weighted by molar-refractivity contribution is 0.415. The molecule has 0 bridgehead atoms. The molecule has 2 aromatic rings. The highest BCUT2D eigenvalue weighted by Gasteiger charge is 2.13. The molecule has 0 radical (unpaired) electrons. The molecule has 100 valence electrons. The van der Waals surface area contributed by atoms with Gasteiger partial charge in [0, 0.05) is 36.7 Å². The maximum Gasteiger partial charge on any atom is 0.142 e. The molecule has 0 fully saturated rings. The second kappa shape index (κ2) is 5.71. The minimum absolute atomic E-state index is 0.460. The molecule has 0 saturated heterocycles. The number of para-hydroxylation sites is 2. The zero-order valence-electron chi connectivity index (χ0n) is 11.6. The number of nitrogens with two attached hydrogens (primary N) is 1. The third-order valence-electron chi connectivity index (χ3n) is 3.13. The average Bonchev–Trinajstić information content (AvgIpc) is 2.46. The van der Waals surface area contributed by atoms with Crippen LogP contribution in [-0.2, 0) is 6.54 Å². The van der Waals surface area contributed by atoms with Gasteiger partial charge in [0.25, 0.3) is 0 Å². The molecule has 4 nitrogen and oxygen atoms in total. The van der Waals surface area contributed by atoms with Crippen LogP contribution in [0.4, 0.5) is 11.4 Å². The molecule has 0 atom stereocenters. The third-order valence-corrected chi connectivity index (χ3v) is 3.13. The minimum atomic E-state index is 0.460. The molecule has 0 unspecified atom stereocenters. The summed E-state index contributed by atoms with van der Waals surface area (Å²) >= 11 is 0.